The Labute approximate surface area is 103 Å². The average molecular weight is 231 g/mol. The molecule has 0 aromatic carbocycles. The van der Waals surface area contributed by atoms with E-state index in [0.29, 0.717) is 11.6 Å². The van der Waals surface area contributed by atoms with Crippen molar-refractivity contribution in [2.45, 2.75) is 40.0 Å². The molecule has 0 radical (unpaired) electrons. The number of nitrogens with zero attached hydrogens (tertiary/aromatic N) is 1. The van der Waals surface area contributed by atoms with Gasteiger partial charge in [-0.15, -0.1) is 0 Å². The van der Waals surface area contributed by atoms with Gasteiger partial charge in [0.25, 0.3) is 0 Å². The third-order valence-electron chi connectivity index (χ3n) is 4.11. The summed E-state index contributed by atoms with van der Waals surface area (Å²) in [5.41, 5.74) is 1.57. The first-order chi connectivity index (χ1) is 8.08. The van der Waals surface area contributed by atoms with Crippen molar-refractivity contribution in [1.29, 1.82) is 0 Å². The van der Waals surface area contributed by atoms with Crippen LogP contribution >= 0.6 is 0 Å². The molecule has 0 saturated heterocycles. The smallest absolute Gasteiger partial charge is 0.184 e. The van der Waals surface area contributed by atoms with Crippen molar-refractivity contribution in [2.24, 2.45) is 17.8 Å². The largest absolute Gasteiger partial charge is 0.292 e. The molecule has 2 nitrogen and oxygen atoms in total. The molecule has 2 heteroatoms. The minimum absolute atomic E-state index is 0.190. The number of carbonyl (C=O) groups is 1. The number of ketones is 1. The zero-order valence-electron chi connectivity index (χ0n) is 10.9. The second-order valence-corrected chi connectivity index (χ2v) is 5.49. The Morgan fingerprint density at radius 1 is 1.24 bits per heavy atom. The van der Waals surface area contributed by atoms with Gasteiger partial charge >= 0.3 is 0 Å². The summed E-state index contributed by atoms with van der Waals surface area (Å²) in [6.45, 7) is 6.48. The number of rotatable bonds is 2. The lowest BCUT2D eigenvalue weighted by Crippen LogP contribution is -2.27. The van der Waals surface area contributed by atoms with Gasteiger partial charge in [0, 0.05) is 11.6 Å². The van der Waals surface area contributed by atoms with Gasteiger partial charge in [0.15, 0.2) is 5.78 Å². The molecule has 1 aliphatic carbocycles. The first-order valence-electron chi connectivity index (χ1n) is 6.56. The number of pyridine rings is 1. The summed E-state index contributed by atoms with van der Waals surface area (Å²) in [7, 11) is 0. The summed E-state index contributed by atoms with van der Waals surface area (Å²) in [5, 5.41) is 0. The molecule has 1 aromatic heterocycles. The number of aryl methyl sites for hydroxylation is 1. The minimum Gasteiger partial charge on any atom is -0.292 e. The van der Waals surface area contributed by atoms with E-state index in [-0.39, 0.29) is 11.7 Å². The zero-order chi connectivity index (χ0) is 12.4. The topological polar surface area (TPSA) is 30.0 Å². The van der Waals surface area contributed by atoms with Crippen LogP contribution in [0, 0.1) is 24.7 Å². The number of carbonyl (C=O) groups excluding carboxylic acids is 1. The molecule has 17 heavy (non-hydrogen) atoms. The highest BCUT2D eigenvalue weighted by Crippen LogP contribution is 2.34. The van der Waals surface area contributed by atoms with Crippen molar-refractivity contribution in [2.75, 3.05) is 0 Å². The zero-order valence-corrected chi connectivity index (χ0v) is 10.9. The number of hydrogen-bond acceptors (Lipinski definition) is 2. The molecule has 1 aliphatic rings. The van der Waals surface area contributed by atoms with Gasteiger partial charge in [0.05, 0.1) is 0 Å². The van der Waals surface area contributed by atoms with Gasteiger partial charge < -0.3 is 0 Å². The monoisotopic (exact) mass is 231 g/mol. The van der Waals surface area contributed by atoms with E-state index in [2.05, 4.69) is 18.8 Å². The fourth-order valence-electron chi connectivity index (χ4n) is 2.68. The van der Waals surface area contributed by atoms with Crippen LogP contribution in [0.5, 0.6) is 0 Å². The van der Waals surface area contributed by atoms with Crippen LogP contribution in [0.3, 0.4) is 0 Å². The molecule has 0 bridgehead atoms. The quantitative estimate of drug-likeness (QED) is 0.727. The predicted octanol–water partition coefficient (Wildman–Crippen LogP) is 3.65. The molecule has 1 heterocycles. The van der Waals surface area contributed by atoms with Gasteiger partial charge in [-0.25, -0.2) is 0 Å². The van der Waals surface area contributed by atoms with E-state index in [9.17, 15) is 4.79 Å². The standard InChI is InChI=1S/C15H21NO/c1-10-7-8-13(9-11(10)2)15(17)14-6-4-5-12(3)16-14/h4-6,10-11,13H,7-9H2,1-3H3. The Kier molecular flexibility index (Phi) is 3.60. The van der Waals surface area contributed by atoms with Crippen molar-refractivity contribution in [1.82, 2.24) is 4.98 Å². The van der Waals surface area contributed by atoms with Crippen LogP contribution in [-0.2, 0) is 0 Å². The SMILES string of the molecule is Cc1cccc(C(=O)C2CCC(C)C(C)C2)n1. The summed E-state index contributed by atoms with van der Waals surface area (Å²) in [6, 6.07) is 5.70. The Bertz CT molecular complexity index is 413. The molecule has 1 aromatic rings. The highest BCUT2D eigenvalue weighted by Gasteiger charge is 2.30. The molecule has 92 valence electrons. The molecule has 0 N–H and O–H groups in total. The third kappa shape index (κ3) is 2.74. The fourth-order valence-corrected chi connectivity index (χ4v) is 2.68. The van der Waals surface area contributed by atoms with E-state index in [1.807, 2.05) is 25.1 Å². The molecular formula is C15H21NO. The maximum absolute atomic E-state index is 12.3. The Morgan fingerprint density at radius 2 is 2.00 bits per heavy atom. The van der Waals surface area contributed by atoms with Crippen molar-refractivity contribution in [3.05, 3.63) is 29.6 Å². The van der Waals surface area contributed by atoms with Crippen LogP contribution in [0.2, 0.25) is 0 Å². The van der Waals surface area contributed by atoms with Crippen LogP contribution in [0.1, 0.15) is 49.3 Å². The number of Topliss-reactive ketones (excluding diaryl/α,β-unsaturated/α-hetero) is 1. The summed E-state index contributed by atoms with van der Waals surface area (Å²) in [6.07, 6.45) is 3.22. The van der Waals surface area contributed by atoms with Crippen LogP contribution in [0.4, 0.5) is 0 Å². The second-order valence-electron chi connectivity index (χ2n) is 5.49. The summed E-state index contributed by atoms with van der Waals surface area (Å²) < 4.78 is 0. The van der Waals surface area contributed by atoms with Gasteiger partial charge in [-0.3, -0.25) is 9.78 Å². The Hall–Kier alpha value is -1.18. The normalized spacial score (nSPS) is 29.0. The van der Waals surface area contributed by atoms with Crippen molar-refractivity contribution in [3.8, 4) is 0 Å². The number of aromatic nitrogens is 1. The highest BCUT2D eigenvalue weighted by molar-refractivity contribution is 5.96. The molecule has 3 unspecified atom stereocenters. The van der Waals surface area contributed by atoms with Crippen LogP contribution in [-0.4, -0.2) is 10.8 Å². The maximum Gasteiger partial charge on any atom is 0.184 e. The lowest BCUT2D eigenvalue weighted by Gasteiger charge is -2.31. The summed E-state index contributed by atoms with van der Waals surface area (Å²) in [5.74, 6) is 1.84. The van der Waals surface area contributed by atoms with Crippen molar-refractivity contribution >= 4 is 5.78 Å². The van der Waals surface area contributed by atoms with Crippen LogP contribution in [0.25, 0.3) is 0 Å². The van der Waals surface area contributed by atoms with E-state index >= 15 is 0 Å². The number of hydrogen-bond donors (Lipinski definition) is 0. The Balaban J connectivity index is 2.10. The molecule has 1 saturated carbocycles. The van der Waals surface area contributed by atoms with Gasteiger partial charge in [-0.1, -0.05) is 19.9 Å². The molecular weight excluding hydrogens is 210 g/mol. The molecule has 0 amide bonds. The molecule has 2 rings (SSSR count). The lowest BCUT2D eigenvalue weighted by atomic mass is 9.74. The fraction of sp³-hybridized carbons (Fsp3) is 0.600. The predicted molar refractivity (Wildman–Crippen MR) is 69.0 cm³/mol. The minimum atomic E-state index is 0.190. The van der Waals surface area contributed by atoms with E-state index in [1.165, 1.54) is 6.42 Å². The summed E-state index contributed by atoms with van der Waals surface area (Å²) >= 11 is 0. The summed E-state index contributed by atoms with van der Waals surface area (Å²) in [4.78, 5) is 16.7. The molecule has 1 fully saturated rings. The Morgan fingerprint density at radius 3 is 2.65 bits per heavy atom. The van der Waals surface area contributed by atoms with E-state index in [0.717, 1.165) is 24.5 Å². The average Bonchev–Trinajstić information content (AvgIpc) is 2.32. The molecule has 0 spiro atoms. The first kappa shape index (κ1) is 12.3. The highest BCUT2D eigenvalue weighted by atomic mass is 16.1. The van der Waals surface area contributed by atoms with Crippen molar-refractivity contribution < 1.29 is 4.79 Å². The van der Waals surface area contributed by atoms with Crippen molar-refractivity contribution in [3.63, 3.8) is 0 Å². The van der Waals surface area contributed by atoms with E-state index in [4.69, 9.17) is 0 Å². The molecule has 0 aliphatic heterocycles. The second kappa shape index (κ2) is 4.99. The molecule has 3 atom stereocenters. The van der Waals surface area contributed by atoms with Gasteiger partial charge in [0.2, 0.25) is 0 Å². The van der Waals surface area contributed by atoms with Gasteiger partial charge in [-0.2, -0.15) is 0 Å². The van der Waals surface area contributed by atoms with E-state index in [1.54, 1.807) is 0 Å². The van der Waals surface area contributed by atoms with Gasteiger partial charge in [0.1, 0.15) is 5.69 Å². The van der Waals surface area contributed by atoms with Crippen LogP contribution in [0.15, 0.2) is 18.2 Å². The lowest BCUT2D eigenvalue weighted by molar-refractivity contribution is 0.0832. The maximum atomic E-state index is 12.3. The third-order valence-corrected chi connectivity index (χ3v) is 4.11. The van der Waals surface area contributed by atoms with Gasteiger partial charge in [-0.05, 0) is 50.2 Å². The van der Waals surface area contributed by atoms with Crippen LogP contribution < -0.4 is 0 Å². The van der Waals surface area contributed by atoms with E-state index < -0.39 is 0 Å². The first-order valence-corrected chi connectivity index (χ1v) is 6.56.